The Balaban J connectivity index is 3.27. The van der Waals surface area contributed by atoms with Crippen LogP contribution in [0, 0.1) is 0 Å². The van der Waals surface area contributed by atoms with Crippen LogP contribution in [-0.2, 0) is 10.0 Å². The van der Waals surface area contributed by atoms with Gasteiger partial charge >= 0.3 is 0 Å². The van der Waals surface area contributed by atoms with E-state index in [1.165, 1.54) is 6.07 Å². The van der Waals surface area contributed by atoms with Crippen molar-refractivity contribution in [2.75, 3.05) is 6.54 Å². The predicted molar refractivity (Wildman–Crippen MR) is 60.0 cm³/mol. The molecule has 0 fully saturated rings. The molecule has 78 valence electrons. The van der Waals surface area contributed by atoms with E-state index in [1.54, 1.807) is 19.1 Å². The van der Waals surface area contributed by atoms with Crippen LogP contribution in [0.5, 0.6) is 0 Å². The van der Waals surface area contributed by atoms with Crippen LogP contribution in [0.3, 0.4) is 0 Å². The van der Waals surface area contributed by atoms with Crippen LogP contribution in [0.4, 0.5) is 0 Å². The van der Waals surface area contributed by atoms with Gasteiger partial charge < -0.3 is 0 Å². The lowest BCUT2D eigenvalue weighted by atomic mass is 10.4. The molecule has 0 aliphatic carbocycles. The van der Waals surface area contributed by atoms with Gasteiger partial charge in [-0.05, 0) is 28.1 Å². The standard InChI is InChI=1S/C8H9BrClNO2S/c1-2-11-14(12,13)7-5-3-4-6(9)8(7)10/h3-5,11H,2H2,1H3. The number of halogens is 2. The average molecular weight is 299 g/mol. The number of rotatable bonds is 3. The minimum Gasteiger partial charge on any atom is -0.211 e. The second kappa shape index (κ2) is 4.61. The molecule has 6 heteroatoms. The highest BCUT2D eigenvalue weighted by atomic mass is 79.9. The molecule has 0 amide bonds. The first-order valence-corrected chi connectivity index (χ1v) is 6.58. The molecule has 0 saturated heterocycles. The third-order valence-corrected chi connectivity index (χ3v) is 4.54. The van der Waals surface area contributed by atoms with Gasteiger partial charge in [-0.15, -0.1) is 0 Å². The van der Waals surface area contributed by atoms with Gasteiger partial charge in [-0.3, -0.25) is 0 Å². The van der Waals surface area contributed by atoms with Gasteiger partial charge in [0.05, 0.1) is 5.02 Å². The number of nitrogens with one attached hydrogen (secondary N) is 1. The van der Waals surface area contributed by atoms with Crippen LogP contribution in [0.15, 0.2) is 27.6 Å². The monoisotopic (exact) mass is 297 g/mol. The van der Waals surface area contributed by atoms with Gasteiger partial charge in [-0.25, -0.2) is 13.1 Å². The molecular formula is C8H9BrClNO2S. The third-order valence-electron chi connectivity index (χ3n) is 1.54. The maximum Gasteiger partial charge on any atom is 0.242 e. The SMILES string of the molecule is CCNS(=O)(=O)c1cccc(Br)c1Cl. The average Bonchev–Trinajstić information content (AvgIpc) is 2.09. The highest BCUT2D eigenvalue weighted by Crippen LogP contribution is 2.28. The van der Waals surface area contributed by atoms with Crippen LogP contribution in [0.1, 0.15) is 6.92 Å². The summed E-state index contributed by atoms with van der Waals surface area (Å²) < 4.78 is 26.1. The lowest BCUT2D eigenvalue weighted by molar-refractivity contribution is 0.584. The molecule has 1 aromatic rings. The molecule has 0 aliphatic heterocycles. The fourth-order valence-corrected chi connectivity index (χ4v) is 3.03. The molecule has 1 aromatic carbocycles. The van der Waals surface area contributed by atoms with E-state index >= 15 is 0 Å². The highest BCUT2D eigenvalue weighted by molar-refractivity contribution is 9.10. The fraction of sp³-hybridized carbons (Fsp3) is 0.250. The summed E-state index contributed by atoms with van der Waals surface area (Å²) >= 11 is 9.01. The van der Waals surface area contributed by atoms with Crippen molar-refractivity contribution < 1.29 is 8.42 Å². The normalized spacial score (nSPS) is 11.6. The second-order valence-electron chi connectivity index (χ2n) is 2.55. The van der Waals surface area contributed by atoms with E-state index in [1.807, 2.05) is 0 Å². The van der Waals surface area contributed by atoms with Gasteiger partial charge in [0, 0.05) is 11.0 Å². The van der Waals surface area contributed by atoms with Crippen LogP contribution in [0.25, 0.3) is 0 Å². The Morgan fingerprint density at radius 3 is 2.71 bits per heavy atom. The highest BCUT2D eigenvalue weighted by Gasteiger charge is 2.17. The summed E-state index contributed by atoms with van der Waals surface area (Å²) in [4.78, 5) is 0.0930. The van der Waals surface area contributed by atoms with Crippen molar-refractivity contribution >= 4 is 37.6 Å². The maximum atomic E-state index is 11.6. The summed E-state index contributed by atoms with van der Waals surface area (Å²) in [7, 11) is -3.48. The van der Waals surface area contributed by atoms with Gasteiger partial charge in [-0.1, -0.05) is 24.6 Å². The van der Waals surface area contributed by atoms with Gasteiger partial charge in [0.15, 0.2) is 0 Å². The quantitative estimate of drug-likeness (QED) is 0.931. The van der Waals surface area contributed by atoms with Gasteiger partial charge in [0.2, 0.25) is 10.0 Å². The van der Waals surface area contributed by atoms with E-state index in [-0.39, 0.29) is 9.92 Å². The molecule has 0 aromatic heterocycles. The lowest BCUT2D eigenvalue weighted by Gasteiger charge is -2.07. The first-order valence-electron chi connectivity index (χ1n) is 3.92. The van der Waals surface area contributed by atoms with Gasteiger partial charge in [0.25, 0.3) is 0 Å². The Bertz CT molecular complexity index is 433. The molecule has 0 spiro atoms. The smallest absolute Gasteiger partial charge is 0.211 e. The van der Waals surface area contributed by atoms with Crippen molar-refractivity contribution in [2.24, 2.45) is 0 Å². The molecule has 0 bridgehead atoms. The molecule has 14 heavy (non-hydrogen) atoms. The number of hydrogen-bond donors (Lipinski definition) is 1. The zero-order valence-electron chi connectivity index (χ0n) is 7.42. The van der Waals surface area contributed by atoms with Crippen molar-refractivity contribution in [2.45, 2.75) is 11.8 Å². The first kappa shape index (κ1) is 12.0. The first-order chi connectivity index (χ1) is 6.49. The summed E-state index contributed by atoms with van der Waals surface area (Å²) in [5.41, 5.74) is 0. The Morgan fingerprint density at radius 2 is 2.14 bits per heavy atom. The van der Waals surface area contributed by atoms with Crippen molar-refractivity contribution in [1.82, 2.24) is 4.72 Å². The number of benzene rings is 1. The summed E-state index contributed by atoms with van der Waals surface area (Å²) in [6.07, 6.45) is 0. The zero-order valence-corrected chi connectivity index (χ0v) is 10.6. The zero-order chi connectivity index (χ0) is 10.8. The Morgan fingerprint density at radius 1 is 1.50 bits per heavy atom. The minimum absolute atomic E-state index is 0.0930. The maximum absolute atomic E-state index is 11.6. The van der Waals surface area contributed by atoms with E-state index in [0.717, 1.165) is 0 Å². The lowest BCUT2D eigenvalue weighted by Crippen LogP contribution is -2.23. The molecule has 0 aliphatic rings. The predicted octanol–water partition coefficient (Wildman–Crippen LogP) is 2.40. The van der Waals surface area contributed by atoms with Crippen molar-refractivity contribution in [3.63, 3.8) is 0 Å². The Kier molecular flexibility index (Phi) is 3.94. The molecule has 0 heterocycles. The molecule has 1 N–H and O–H groups in total. The number of hydrogen-bond acceptors (Lipinski definition) is 2. The molecule has 0 radical (unpaired) electrons. The van der Waals surface area contributed by atoms with Crippen molar-refractivity contribution in [1.29, 1.82) is 0 Å². The van der Waals surface area contributed by atoms with E-state index in [2.05, 4.69) is 20.7 Å². The van der Waals surface area contributed by atoms with E-state index < -0.39 is 10.0 Å². The molecule has 3 nitrogen and oxygen atoms in total. The Hall–Kier alpha value is -0.100. The topological polar surface area (TPSA) is 46.2 Å². The van der Waals surface area contributed by atoms with E-state index in [9.17, 15) is 8.42 Å². The van der Waals surface area contributed by atoms with Crippen LogP contribution in [-0.4, -0.2) is 15.0 Å². The summed E-state index contributed by atoms with van der Waals surface area (Å²) in [5.74, 6) is 0. The summed E-state index contributed by atoms with van der Waals surface area (Å²) in [5, 5.41) is 0.202. The van der Waals surface area contributed by atoms with E-state index in [4.69, 9.17) is 11.6 Å². The largest absolute Gasteiger partial charge is 0.242 e. The molecule has 0 unspecified atom stereocenters. The van der Waals surface area contributed by atoms with Crippen LogP contribution in [0.2, 0.25) is 5.02 Å². The Labute approximate surface area is 96.6 Å². The molecular weight excluding hydrogens is 290 g/mol. The third kappa shape index (κ3) is 2.48. The van der Waals surface area contributed by atoms with Crippen molar-refractivity contribution in [3.8, 4) is 0 Å². The number of sulfonamides is 1. The van der Waals surface area contributed by atoms with Gasteiger partial charge in [0.1, 0.15) is 4.90 Å². The van der Waals surface area contributed by atoms with Crippen LogP contribution >= 0.6 is 27.5 Å². The van der Waals surface area contributed by atoms with E-state index in [0.29, 0.717) is 11.0 Å². The second-order valence-corrected chi connectivity index (χ2v) is 5.52. The van der Waals surface area contributed by atoms with Gasteiger partial charge in [-0.2, -0.15) is 0 Å². The molecule has 0 saturated carbocycles. The fourth-order valence-electron chi connectivity index (χ4n) is 0.959. The molecule has 0 atom stereocenters. The summed E-state index contributed by atoms with van der Waals surface area (Å²) in [6.45, 7) is 2.05. The minimum atomic E-state index is -3.48. The molecule has 1 rings (SSSR count). The summed E-state index contributed by atoms with van der Waals surface area (Å²) in [6, 6.07) is 4.78. The van der Waals surface area contributed by atoms with Crippen LogP contribution < -0.4 is 4.72 Å². The van der Waals surface area contributed by atoms with Crippen molar-refractivity contribution in [3.05, 3.63) is 27.7 Å².